The zero-order valence-corrected chi connectivity index (χ0v) is 18.0. The minimum absolute atomic E-state index is 0.306. The van der Waals surface area contributed by atoms with E-state index < -0.39 is 5.79 Å². The van der Waals surface area contributed by atoms with Crippen LogP contribution in [0, 0.1) is 6.92 Å². The van der Waals surface area contributed by atoms with E-state index in [1.165, 1.54) is 22.0 Å². The molecule has 1 aliphatic carbocycles. The van der Waals surface area contributed by atoms with Crippen LogP contribution in [0.1, 0.15) is 36.8 Å². The maximum Gasteiger partial charge on any atom is 0.201 e. The molecule has 31 heavy (non-hydrogen) atoms. The molecule has 3 aromatic carbocycles. The number of ether oxygens (including phenoxy) is 1. The second kappa shape index (κ2) is 8.46. The maximum atomic E-state index is 6.25. The van der Waals surface area contributed by atoms with Gasteiger partial charge in [0, 0.05) is 24.6 Å². The van der Waals surface area contributed by atoms with Gasteiger partial charge in [-0.25, -0.2) is 9.78 Å². The van der Waals surface area contributed by atoms with Crippen LogP contribution in [0.4, 0.5) is 5.69 Å². The van der Waals surface area contributed by atoms with Gasteiger partial charge in [-0.15, -0.1) is 0 Å². The first-order valence-corrected chi connectivity index (χ1v) is 11.1. The summed E-state index contributed by atoms with van der Waals surface area (Å²) in [5.74, 6) is -0.638. The van der Waals surface area contributed by atoms with Gasteiger partial charge in [-0.1, -0.05) is 66.7 Å². The van der Waals surface area contributed by atoms with Crippen molar-refractivity contribution < 1.29 is 14.5 Å². The Morgan fingerprint density at radius 3 is 2.45 bits per heavy atom. The third kappa shape index (κ3) is 4.24. The van der Waals surface area contributed by atoms with Crippen LogP contribution in [0.3, 0.4) is 0 Å². The molecule has 1 spiro atoms. The van der Waals surface area contributed by atoms with Crippen molar-refractivity contribution in [3.8, 4) is 0 Å². The van der Waals surface area contributed by atoms with E-state index in [1.54, 1.807) is 0 Å². The van der Waals surface area contributed by atoms with Crippen LogP contribution in [0.5, 0.6) is 0 Å². The molecule has 4 nitrogen and oxygen atoms in total. The molecular weight excluding hydrogens is 386 g/mol. The number of hydrogen-bond acceptors (Lipinski definition) is 4. The number of anilines is 1. The number of aryl methyl sites for hydroxylation is 1. The standard InChI is InChI=1S/C27H29NO3/c1-19-10-12-22(13-11-19)28-23-14-16-27(17-15-23)29-18-26(30-31-27)20(2)24-9-5-7-21-6-3-4-8-25(21)24/h3-13,23,26,28H,2,14-18H2,1H3. The van der Waals surface area contributed by atoms with E-state index in [2.05, 4.69) is 73.4 Å². The average molecular weight is 416 g/mol. The molecule has 2 fully saturated rings. The smallest absolute Gasteiger partial charge is 0.201 e. The van der Waals surface area contributed by atoms with Crippen LogP contribution < -0.4 is 5.32 Å². The quantitative estimate of drug-likeness (QED) is 0.511. The molecule has 1 saturated heterocycles. The van der Waals surface area contributed by atoms with Crippen molar-refractivity contribution in [2.24, 2.45) is 0 Å². The summed E-state index contributed by atoms with van der Waals surface area (Å²) in [5.41, 5.74) is 4.41. The van der Waals surface area contributed by atoms with Gasteiger partial charge in [0.2, 0.25) is 5.79 Å². The third-order valence-corrected chi connectivity index (χ3v) is 6.51. The molecular formula is C27H29NO3. The fourth-order valence-electron chi connectivity index (χ4n) is 4.58. The summed E-state index contributed by atoms with van der Waals surface area (Å²) in [6, 6.07) is 23.5. The van der Waals surface area contributed by atoms with Crippen LogP contribution in [0.15, 0.2) is 73.3 Å². The van der Waals surface area contributed by atoms with E-state index in [0.717, 1.165) is 36.8 Å². The first-order valence-electron chi connectivity index (χ1n) is 11.1. The highest BCUT2D eigenvalue weighted by Crippen LogP contribution is 2.39. The molecule has 0 radical (unpaired) electrons. The first-order chi connectivity index (χ1) is 15.1. The minimum Gasteiger partial charge on any atom is -0.382 e. The number of fused-ring (bicyclic) bond motifs is 1. The van der Waals surface area contributed by atoms with Crippen molar-refractivity contribution in [3.63, 3.8) is 0 Å². The summed E-state index contributed by atoms with van der Waals surface area (Å²) < 4.78 is 6.25. The van der Waals surface area contributed by atoms with Crippen molar-refractivity contribution in [1.82, 2.24) is 0 Å². The predicted octanol–water partition coefficient (Wildman–Crippen LogP) is 6.26. The number of nitrogens with one attached hydrogen (secondary N) is 1. The Morgan fingerprint density at radius 1 is 0.968 bits per heavy atom. The lowest BCUT2D eigenvalue weighted by Gasteiger charge is -2.43. The lowest BCUT2D eigenvalue weighted by Crippen LogP contribution is -2.49. The molecule has 1 heterocycles. The Morgan fingerprint density at radius 2 is 1.71 bits per heavy atom. The largest absolute Gasteiger partial charge is 0.382 e. The zero-order valence-electron chi connectivity index (χ0n) is 18.0. The van der Waals surface area contributed by atoms with Crippen molar-refractivity contribution >= 4 is 22.0 Å². The highest BCUT2D eigenvalue weighted by Gasteiger charge is 2.43. The fourth-order valence-corrected chi connectivity index (χ4v) is 4.58. The van der Waals surface area contributed by atoms with Gasteiger partial charge in [-0.3, -0.25) is 0 Å². The van der Waals surface area contributed by atoms with Gasteiger partial charge in [-0.05, 0) is 53.8 Å². The van der Waals surface area contributed by atoms with Gasteiger partial charge in [0.05, 0.1) is 6.61 Å². The molecule has 0 amide bonds. The van der Waals surface area contributed by atoms with Crippen LogP contribution in [-0.2, 0) is 14.5 Å². The second-order valence-electron chi connectivity index (χ2n) is 8.73. The van der Waals surface area contributed by atoms with Gasteiger partial charge < -0.3 is 10.1 Å². The molecule has 2 aliphatic rings. The molecule has 4 heteroatoms. The monoisotopic (exact) mass is 415 g/mol. The highest BCUT2D eigenvalue weighted by molar-refractivity contribution is 5.94. The molecule has 0 bridgehead atoms. The highest BCUT2D eigenvalue weighted by atomic mass is 17.2. The van der Waals surface area contributed by atoms with Gasteiger partial charge in [0.1, 0.15) is 6.10 Å². The average Bonchev–Trinajstić information content (AvgIpc) is 2.82. The molecule has 160 valence electrons. The van der Waals surface area contributed by atoms with E-state index in [1.807, 2.05) is 12.1 Å². The third-order valence-electron chi connectivity index (χ3n) is 6.51. The Kier molecular flexibility index (Phi) is 5.53. The molecule has 1 aliphatic heterocycles. The molecule has 1 N–H and O–H groups in total. The van der Waals surface area contributed by atoms with Crippen LogP contribution in [0.2, 0.25) is 0 Å². The van der Waals surface area contributed by atoms with Crippen LogP contribution in [-0.4, -0.2) is 24.5 Å². The maximum absolute atomic E-state index is 6.25. The minimum atomic E-state index is -0.638. The van der Waals surface area contributed by atoms with Crippen LogP contribution in [0.25, 0.3) is 16.3 Å². The summed E-state index contributed by atoms with van der Waals surface area (Å²) in [6.07, 6.45) is 3.27. The Labute approximate surface area is 183 Å². The number of hydrogen-bond donors (Lipinski definition) is 1. The summed E-state index contributed by atoms with van der Waals surface area (Å²) in [7, 11) is 0. The van der Waals surface area contributed by atoms with E-state index in [9.17, 15) is 0 Å². The summed E-state index contributed by atoms with van der Waals surface area (Å²) in [6.45, 7) is 6.86. The lowest BCUT2D eigenvalue weighted by molar-refractivity contribution is -0.483. The SMILES string of the molecule is C=C(c1cccc2ccccc12)C1COC2(CCC(Nc3ccc(C)cc3)CC2)OO1. The van der Waals surface area contributed by atoms with E-state index in [-0.39, 0.29) is 6.10 Å². The van der Waals surface area contributed by atoms with E-state index in [4.69, 9.17) is 14.5 Å². The Bertz CT molecular complexity index is 1050. The van der Waals surface area contributed by atoms with Crippen molar-refractivity contribution in [2.75, 3.05) is 11.9 Å². The summed E-state index contributed by atoms with van der Waals surface area (Å²) in [4.78, 5) is 11.7. The van der Waals surface area contributed by atoms with E-state index >= 15 is 0 Å². The zero-order chi connectivity index (χ0) is 21.3. The van der Waals surface area contributed by atoms with Crippen molar-refractivity contribution in [1.29, 1.82) is 0 Å². The van der Waals surface area contributed by atoms with E-state index in [0.29, 0.717) is 12.6 Å². The summed E-state index contributed by atoms with van der Waals surface area (Å²) >= 11 is 0. The lowest BCUT2D eigenvalue weighted by atomic mass is 9.89. The van der Waals surface area contributed by atoms with Crippen molar-refractivity contribution in [2.45, 2.75) is 50.5 Å². The fraction of sp³-hybridized carbons (Fsp3) is 0.333. The predicted molar refractivity (Wildman–Crippen MR) is 125 cm³/mol. The van der Waals surface area contributed by atoms with Gasteiger partial charge >= 0.3 is 0 Å². The molecule has 0 aromatic heterocycles. The van der Waals surface area contributed by atoms with Crippen molar-refractivity contribution in [3.05, 3.63) is 84.4 Å². The molecule has 1 unspecified atom stereocenters. The second-order valence-corrected chi connectivity index (χ2v) is 8.73. The topological polar surface area (TPSA) is 39.7 Å². The molecule has 1 saturated carbocycles. The van der Waals surface area contributed by atoms with Gasteiger partial charge in [0.25, 0.3) is 0 Å². The van der Waals surface area contributed by atoms with Crippen LogP contribution >= 0.6 is 0 Å². The molecule has 1 atom stereocenters. The van der Waals surface area contributed by atoms with Gasteiger partial charge in [-0.2, -0.15) is 0 Å². The van der Waals surface area contributed by atoms with Gasteiger partial charge in [0.15, 0.2) is 0 Å². The Balaban J connectivity index is 1.19. The Hall–Kier alpha value is -2.66. The summed E-state index contributed by atoms with van der Waals surface area (Å²) in [5, 5.41) is 5.99. The normalized spacial score (nSPS) is 26.1. The molecule has 3 aromatic rings. The first kappa shape index (κ1) is 20.3. The number of rotatable bonds is 4. The number of benzene rings is 3. The molecule has 5 rings (SSSR count).